The van der Waals surface area contributed by atoms with E-state index in [1.54, 1.807) is 19.4 Å². The molecule has 21 heavy (non-hydrogen) atoms. The lowest BCUT2D eigenvalue weighted by atomic mass is 9.99. The molecule has 1 N–H and O–H groups in total. The van der Waals surface area contributed by atoms with Gasteiger partial charge in [-0.25, -0.2) is 4.39 Å². The Morgan fingerprint density at radius 2 is 2.00 bits per heavy atom. The fourth-order valence-electron chi connectivity index (χ4n) is 2.39. The van der Waals surface area contributed by atoms with Gasteiger partial charge in [-0.15, -0.1) is 0 Å². The standard InChI is InChI=1S/C17H21FN2O/c1-3-20-17(15-10-11-19-12-16(15)18)9-6-13-4-7-14(21-2)8-5-13/h4-5,7-8,10-12,17,20H,3,6,9H2,1-2H3. The second-order valence-electron chi connectivity index (χ2n) is 4.89. The van der Waals surface area contributed by atoms with Crippen LogP contribution in [0.1, 0.15) is 30.5 Å². The van der Waals surface area contributed by atoms with E-state index in [-0.39, 0.29) is 11.9 Å². The number of nitrogens with one attached hydrogen (secondary N) is 1. The second kappa shape index (κ2) is 7.74. The first kappa shape index (κ1) is 15.4. The van der Waals surface area contributed by atoms with Crippen LogP contribution in [0.4, 0.5) is 4.39 Å². The predicted octanol–water partition coefficient (Wildman–Crippen LogP) is 3.51. The van der Waals surface area contributed by atoms with Gasteiger partial charge in [0.05, 0.1) is 13.3 Å². The summed E-state index contributed by atoms with van der Waals surface area (Å²) in [5.74, 6) is 0.598. The van der Waals surface area contributed by atoms with Crippen molar-refractivity contribution in [2.75, 3.05) is 13.7 Å². The molecule has 0 amide bonds. The summed E-state index contributed by atoms with van der Waals surface area (Å²) >= 11 is 0. The highest BCUT2D eigenvalue weighted by atomic mass is 19.1. The summed E-state index contributed by atoms with van der Waals surface area (Å²) < 4.78 is 19.0. The van der Waals surface area contributed by atoms with Crippen LogP contribution >= 0.6 is 0 Å². The van der Waals surface area contributed by atoms with Crippen molar-refractivity contribution in [1.29, 1.82) is 0 Å². The molecule has 1 atom stereocenters. The van der Waals surface area contributed by atoms with Crippen molar-refractivity contribution in [1.82, 2.24) is 10.3 Å². The summed E-state index contributed by atoms with van der Waals surface area (Å²) in [6.07, 6.45) is 4.62. The first-order valence-electron chi connectivity index (χ1n) is 7.20. The smallest absolute Gasteiger partial charge is 0.146 e. The summed E-state index contributed by atoms with van der Waals surface area (Å²) in [5.41, 5.74) is 1.90. The van der Waals surface area contributed by atoms with Gasteiger partial charge >= 0.3 is 0 Å². The predicted molar refractivity (Wildman–Crippen MR) is 81.9 cm³/mol. The van der Waals surface area contributed by atoms with Gasteiger partial charge < -0.3 is 10.1 Å². The molecular formula is C17H21FN2O. The van der Waals surface area contributed by atoms with Crippen molar-refractivity contribution in [2.45, 2.75) is 25.8 Å². The Morgan fingerprint density at radius 1 is 1.24 bits per heavy atom. The maximum Gasteiger partial charge on any atom is 0.146 e. The second-order valence-corrected chi connectivity index (χ2v) is 4.89. The van der Waals surface area contributed by atoms with Crippen LogP contribution in [0.2, 0.25) is 0 Å². The van der Waals surface area contributed by atoms with Gasteiger partial charge in [0.1, 0.15) is 11.6 Å². The van der Waals surface area contributed by atoms with E-state index in [1.807, 2.05) is 31.2 Å². The monoisotopic (exact) mass is 288 g/mol. The normalized spacial score (nSPS) is 12.1. The van der Waals surface area contributed by atoms with Crippen molar-refractivity contribution in [3.05, 3.63) is 59.7 Å². The van der Waals surface area contributed by atoms with Gasteiger partial charge in [0, 0.05) is 17.8 Å². The zero-order valence-corrected chi connectivity index (χ0v) is 12.5. The van der Waals surface area contributed by atoms with Gasteiger partial charge in [0.25, 0.3) is 0 Å². The molecule has 0 bridgehead atoms. The zero-order valence-electron chi connectivity index (χ0n) is 12.5. The maximum absolute atomic E-state index is 13.9. The fourth-order valence-corrected chi connectivity index (χ4v) is 2.39. The van der Waals surface area contributed by atoms with Gasteiger partial charge in [-0.2, -0.15) is 0 Å². The average Bonchev–Trinajstić information content (AvgIpc) is 2.53. The summed E-state index contributed by atoms with van der Waals surface area (Å²) in [7, 11) is 1.66. The first-order valence-corrected chi connectivity index (χ1v) is 7.20. The Kier molecular flexibility index (Phi) is 5.69. The Bertz CT molecular complexity index is 557. The highest BCUT2D eigenvalue weighted by molar-refractivity contribution is 5.27. The zero-order chi connectivity index (χ0) is 15.1. The van der Waals surface area contributed by atoms with E-state index in [4.69, 9.17) is 4.74 Å². The number of hydrogen-bond acceptors (Lipinski definition) is 3. The van der Waals surface area contributed by atoms with E-state index in [0.29, 0.717) is 5.56 Å². The van der Waals surface area contributed by atoms with Crippen LogP contribution in [-0.4, -0.2) is 18.6 Å². The molecule has 2 aromatic rings. The molecule has 0 spiro atoms. The topological polar surface area (TPSA) is 34.1 Å². The Morgan fingerprint density at radius 3 is 2.62 bits per heavy atom. The molecule has 1 heterocycles. The van der Waals surface area contributed by atoms with Crippen LogP contribution in [0.15, 0.2) is 42.7 Å². The maximum atomic E-state index is 13.9. The molecule has 112 valence electrons. The van der Waals surface area contributed by atoms with Crippen molar-refractivity contribution in [3.8, 4) is 5.75 Å². The lowest BCUT2D eigenvalue weighted by Crippen LogP contribution is -2.22. The van der Waals surface area contributed by atoms with Crippen molar-refractivity contribution >= 4 is 0 Å². The summed E-state index contributed by atoms with van der Waals surface area (Å²) in [5, 5.41) is 3.34. The number of methoxy groups -OCH3 is 1. The fraction of sp³-hybridized carbons (Fsp3) is 0.353. The van der Waals surface area contributed by atoms with Crippen molar-refractivity contribution in [3.63, 3.8) is 0 Å². The van der Waals surface area contributed by atoms with E-state index in [9.17, 15) is 4.39 Å². The number of ether oxygens (including phenoxy) is 1. The van der Waals surface area contributed by atoms with Gasteiger partial charge in [0.2, 0.25) is 0 Å². The van der Waals surface area contributed by atoms with Crippen LogP contribution in [-0.2, 0) is 6.42 Å². The summed E-state index contributed by atoms with van der Waals surface area (Å²) in [6, 6.07) is 9.74. The van der Waals surface area contributed by atoms with E-state index in [2.05, 4.69) is 10.3 Å². The van der Waals surface area contributed by atoms with E-state index in [1.165, 1.54) is 11.8 Å². The minimum atomic E-state index is -0.252. The average molecular weight is 288 g/mol. The van der Waals surface area contributed by atoms with Crippen LogP contribution in [0.25, 0.3) is 0 Å². The van der Waals surface area contributed by atoms with Gasteiger partial charge in [-0.3, -0.25) is 4.98 Å². The van der Waals surface area contributed by atoms with E-state index in [0.717, 1.165) is 25.1 Å². The van der Waals surface area contributed by atoms with Crippen LogP contribution in [0.3, 0.4) is 0 Å². The molecule has 3 nitrogen and oxygen atoms in total. The lowest BCUT2D eigenvalue weighted by molar-refractivity contribution is 0.414. The quantitative estimate of drug-likeness (QED) is 0.846. The number of pyridine rings is 1. The number of rotatable bonds is 7. The van der Waals surface area contributed by atoms with E-state index >= 15 is 0 Å². The molecule has 4 heteroatoms. The Balaban J connectivity index is 2.04. The van der Waals surface area contributed by atoms with Gasteiger partial charge in [0.15, 0.2) is 0 Å². The van der Waals surface area contributed by atoms with Crippen LogP contribution in [0, 0.1) is 5.82 Å². The molecule has 2 rings (SSSR count). The third kappa shape index (κ3) is 4.26. The SMILES string of the molecule is CCNC(CCc1ccc(OC)cc1)c1ccncc1F. The number of halogens is 1. The summed E-state index contributed by atoms with van der Waals surface area (Å²) in [4.78, 5) is 3.81. The molecule has 0 aliphatic rings. The third-order valence-corrected chi connectivity index (χ3v) is 3.51. The molecule has 0 fully saturated rings. The van der Waals surface area contributed by atoms with Crippen LogP contribution in [0.5, 0.6) is 5.75 Å². The lowest BCUT2D eigenvalue weighted by Gasteiger charge is -2.18. The molecule has 1 aromatic carbocycles. The molecule has 0 aliphatic heterocycles. The third-order valence-electron chi connectivity index (χ3n) is 3.51. The minimum absolute atomic E-state index is 0.0000941. The van der Waals surface area contributed by atoms with Crippen LogP contribution < -0.4 is 10.1 Å². The Labute approximate surface area is 125 Å². The molecule has 1 unspecified atom stereocenters. The molecular weight excluding hydrogens is 267 g/mol. The number of aryl methyl sites for hydroxylation is 1. The van der Waals surface area contributed by atoms with Gasteiger partial charge in [-0.05, 0) is 43.1 Å². The molecule has 0 saturated carbocycles. The molecule has 0 aliphatic carbocycles. The molecule has 1 aromatic heterocycles. The first-order chi connectivity index (χ1) is 10.2. The Hall–Kier alpha value is -1.94. The van der Waals surface area contributed by atoms with E-state index < -0.39 is 0 Å². The highest BCUT2D eigenvalue weighted by Crippen LogP contribution is 2.22. The molecule has 0 saturated heterocycles. The minimum Gasteiger partial charge on any atom is -0.497 e. The van der Waals surface area contributed by atoms with Crippen molar-refractivity contribution < 1.29 is 9.13 Å². The van der Waals surface area contributed by atoms with Crippen molar-refractivity contribution in [2.24, 2.45) is 0 Å². The number of benzene rings is 1. The number of nitrogens with zero attached hydrogens (tertiary/aromatic N) is 1. The number of hydrogen-bond donors (Lipinski definition) is 1. The van der Waals surface area contributed by atoms with Gasteiger partial charge in [-0.1, -0.05) is 19.1 Å². The number of aromatic nitrogens is 1. The molecule has 0 radical (unpaired) electrons. The largest absolute Gasteiger partial charge is 0.497 e. The summed E-state index contributed by atoms with van der Waals surface area (Å²) in [6.45, 7) is 2.83. The highest BCUT2D eigenvalue weighted by Gasteiger charge is 2.14.